The maximum Gasteiger partial charge on any atom is 0.123 e. The first-order valence-corrected chi connectivity index (χ1v) is 9.09. The van der Waals surface area contributed by atoms with Crippen molar-refractivity contribution in [2.45, 2.75) is 46.6 Å². The van der Waals surface area contributed by atoms with Crippen LogP contribution in [0.2, 0.25) is 0 Å². The van der Waals surface area contributed by atoms with Crippen molar-refractivity contribution in [3.05, 3.63) is 58.8 Å². The van der Waals surface area contributed by atoms with Crippen molar-refractivity contribution in [3.8, 4) is 0 Å². The summed E-state index contributed by atoms with van der Waals surface area (Å²) in [6.07, 6.45) is 4.88. The average molecular weight is 337 g/mol. The lowest BCUT2D eigenvalue weighted by Gasteiger charge is -2.10. The molecule has 2 aromatic heterocycles. The van der Waals surface area contributed by atoms with E-state index in [0.717, 1.165) is 42.5 Å². The number of aromatic nitrogens is 3. The summed E-state index contributed by atoms with van der Waals surface area (Å²) in [4.78, 5) is 0. The number of aryl methyl sites for hydroxylation is 3. The van der Waals surface area contributed by atoms with Gasteiger partial charge in [-0.2, -0.15) is 10.2 Å². The van der Waals surface area contributed by atoms with Crippen LogP contribution >= 0.6 is 0 Å². The molecule has 3 nitrogen and oxygen atoms in total. The second-order valence-electron chi connectivity index (χ2n) is 7.47. The van der Waals surface area contributed by atoms with Crippen LogP contribution in [-0.2, 0) is 19.4 Å². The number of halogens is 1. The van der Waals surface area contributed by atoms with Crippen molar-refractivity contribution in [1.82, 2.24) is 14.8 Å². The maximum atomic E-state index is 13.1. The van der Waals surface area contributed by atoms with E-state index in [1.807, 2.05) is 18.3 Å². The van der Waals surface area contributed by atoms with Gasteiger partial charge in [-0.3, -0.25) is 0 Å². The molecule has 4 rings (SSSR count). The summed E-state index contributed by atoms with van der Waals surface area (Å²) in [5, 5.41) is 9.91. The molecule has 25 heavy (non-hydrogen) atoms. The fraction of sp³-hybridized carbons (Fsp3) is 0.429. The maximum absolute atomic E-state index is 13.1. The molecule has 0 amide bonds. The number of fused-ring (bicyclic) bond motifs is 1. The van der Waals surface area contributed by atoms with Crippen LogP contribution in [0.25, 0.3) is 10.9 Å². The Balaban J connectivity index is 1.68. The van der Waals surface area contributed by atoms with E-state index in [2.05, 4.69) is 35.5 Å². The monoisotopic (exact) mass is 337 g/mol. The highest BCUT2D eigenvalue weighted by Gasteiger charge is 2.33. The van der Waals surface area contributed by atoms with Crippen LogP contribution in [0.4, 0.5) is 4.39 Å². The molecule has 130 valence electrons. The van der Waals surface area contributed by atoms with Gasteiger partial charge in [-0.05, 0) is 68.2 Å². The fourth-order valence-corrected chi connectivity index (χ4v) is 3.76. The summed E-state index contributed by atoms with van der Waals surface area (Å²) in [5.41, 5.74) is 6.05. The lowest BCUT2D eigenvalue weighted by Crippen LogP contribution is -2.07. The largest absolute Gasteiger partial charge is 0.343 e. The van der Waals surface area contributed by atoms with Crippen molar-refractivity contribution in [2.24, 2.45) is 11.8 Å². The summed E-state index contributed by atoms with van der Waals surface area (Å²) < 4.78 is 15.5. The molecule has 2 heterocycles. The molecule has 0 N–H and O–H groups in total. The third kappa shape index (κ3) is 3.06. The highest BCUT2D eigenvalue weighted by molar-refractivity contribution is 5.86. The van der Waals surface area contributed by atoms with Gasteiger partial charge < -0.3 is 4.57 Å². The molecule has 3 aromatic rings. The molecule has 2 atom stereocenters. The van der Waals surface area contributed by atoms with E-state index >= 15 is 0 Å². The van der Waals surface area contributed by atoms with Gasteiger partial charge in [0.15, 0.2) is 0 Å². The summed E-state index contributed by atoms with van der Waals surface area (Å²) in [6.45, 7) is 7.78. The molecule has 1 saturated carbocycles. The van der Waals surface area contributed by atoms with E-state index in [9.17, 15) is 4.39 Å². The minimum absolute atomic E-state index is 0.190. The van der Waals surface area contributed by atoms with Crippen LogP contribution in [0.1, 0.15) is 35.9 Å². The van der Waals surface area contributed by atoms with Crippen LogP contribution in [0.5, 0.6) is 0 Å². The minimum Gasteiger partial charge on any atom is -0.343 e. The predicted octanol–water partition coefficient (Wildman–Crippen LogP) is 4.63. The Hall–Kier alpha value is -2.23. The zero-order valence-corrected chi connectivity index (χ0v) is 15.1. The van der Waals surface area contributed by atoms with Gasteiger partial charge in [0.05, 0.1) is 17.4 Å². The molecule has 4 heteroatoms. The van der Waals surface area contributed by atoms with E-state index in [-0.39, 0.29) is 5.82 Å². The zero-order chi connectivity index (χ0) is 17.6. The topological polar surface area (TPSA) is 30.7 Å². The Morgan fingerprint density at radius 3 is 2.56 bits per heavy atom. The summed E-state index contributed by atoms with van der Waals surface area (Å²) >= 11 is 0. The molecule has 0 spiro atoms. The first-order chi connectivity index (χ1) is 12.0. The number of hydrogen-bond acceptors (Lipinski definition) is 2. The van der Waals surface area contributed by atoms with Crippen molar-refractivity contribution in [2.75, 3.05) is 0 Å². The molecule has 1 fully saturated rings. The number of hydrogen-bond donors (Lipinski definition) is 0. The van der Waals surface area contributed by atoms with Crippen LogP contribution in [-0.4, -0.2) is 14.8 Å². The third-order valence-corrected chi connectivity index (χ3v) is 5.77. The van der Waals surface area contributed by atoms with Gasteiger partial charge in [-0.25, -0.2) is 4.39 Å². The quantitative estimate of drug-likeness (QED) is 0.680. The lowest BCUT2D eigenvalue weighted by molar-refractivity contribution is 0.595. The molecular formula is C21H24FN3. The van der Waals surface area contributed by atoms with Crippen molar-refractivity contribution < 1.29 is 4.39 Å². The molecule has 0 aliphatic heterocycles. The fourth-order valence-electron chi connectivity index (χ4n) is 3.76. The number of rotatable bonds is 5. The average Bonchev–Trinajstić information content (AvgIpc) is 3.26. The minimum atomic E-state index is -0.190. The molecule has 0 bridgehead atoms. The zero-order valence-electron chi connectivity index (χ0n) is 15.1. The number of nitrogens with zero attached hydrogens (tertiary/aromatic N) is 3. The van der Waals surface area contributed by atoms with Crippen LogP contribution in [0.15, 0.2) is 30.5 Å². The van der Waals surface area contributed by atoms with Gasteiger partial charge in [0, 0.05) is 17.6 Å². The summed E-state index contributed by atoms with van der Waals surface area (Å²) in [5.74, 6) is 1.42. The van der Waals surface area contributed by atoms with Gasteiger partial charge in [0.25, 0.3) is 0 Å². The second-order valence-corrected chi connectivity index (χ2v) is 7.47. The Morgan fingerprint density at radius 1 is 1.16 bits per heavy atom. The van der Waals surface area contributed by atoms with Gasteiger partial charge in [0.2, 0.25) is 0 Å². The highest BCUT2D eigenvalue weighted by atomic mass is 19.1. The highest BCUT2D eigenvalue weighted by Crippen LogP contribution is 2.40. The van der Waals surface area contributed by atoms with Crippen molar-refractivity contribution in [1.29, 1.82) is 0 Å². The molecule has 1 aliphatic rings. The number of benzene rings is 1. The van der Waals surface area contributed by atoms with E-state index in [1.54, 1.807) is 0 Å². The lowest BCUT2D eigenvalue weighted by atomic mass is 10.1. The van der Waals surface area contributed by atoms with Crippen molar-refractivity contribution >= 4 is 10.9 Å². The molecular weight excluding hydrogens is 313 g/mol. The van der Waals surface area contributed by atoms with E-state index in [4.69, 9.17) is 0 Å². The van der Waals surface area contributed by atoms with Gasteiger partial charge in [-0.15, -0.1) is 0 Å². The first kappa shape index (κ1) is 16.2. The van der Waals surface area contributed by atoms with E-state index in [0.29, 0.717) is 0 Å². The predicted molar refractivity (Wildman–Crippen MR) is 98.1 cm³/mol. The van der Waals surface area contributed by atoms with Crippen LogP contribution in [0, 0.1) is 31.5 Å². The molecule has 0 saturated heterocycles. The van der Waals surface area contributed by atoms with Crippen LogP contribution < -0.4 is 0 Å². The Kier molecular flexibility index (Phi) is 4.06. The first-order valence-electron chi connectivity index (χ1n) is 9.09. The SMILES string of the molecule is Cc1c(C)n(CC2CC2C)c2c(CCc3ccc(F)cc3)nncc12. The smallest absolute Gasteiger partial charge is 0.123 e. The van der Waals surface area contributed by atoms with Gasteiger partial charge in [-0.1, -0.05) is 19.1 Å². The molecule has 2 unspecified atom stereocenters. The Bertz CT molecular complexity index is 911. The van der Waals surface area contributed by atoms with E-state index in [1.165, 1.54) is 40.7 Å². The molecule has 0 radical (unpaired) electrons. The van der Waals surface area contributed by atoms with Gasteiger partial charge in [0.1, 0.15) is 5.82 Å². The Morgan fingerprint density at radius 2 is 1.88 bits per heavy atom. The second kappa shape index (κ2) is 6.25. The summed E-state index contributed by atoms with van der Waals surface area (Å²) in [7, 11) is 0. The Labute approximate surface area is 147 Å². The van der Waals surface area contributed by atoms with Crippen LogP contribution in [0.3, 0.4) is 0 Å². The van der Waals surface area contributed by atoms with Gasteiger partial charge >= 0.3 is 0 Å². The molecule has 1 aliphatic carbocycles. The third-order valence-electron chi connectivity index (χ3n) is 5.77. The molecule has 1 aromatic carbocycles. The van der Waals surface area contributed by atoms with E-state index < -0.39 is 0 Å². The summed E-state index contributed by atoms with van der Waals surface area (Å²) in [6, 6.07) is 6.74. The van der Waals surface area contributed by atoms with Crippen molar-refractivity contribution in [3.63, 3.8) is 0 Å². The standard InChI is InChI=1S/C21H24FN3/c1-13-10-17(13)12-25-15(3)14(2)19-11-23-24-20(21(19)25)9-6-16-4-7-18(22)8-5-16/h4-5,7-8,11,13,17H,6,9-10,12H2,1-3H3. The normalized spacial score (nSPS) is 19.5.